The van der Waals surface area contributed by atoms with Crippen LogP contribution in [0.5, 0.6) is 0 Å². The molecule has 0 bridgehead atoms. The van der Waals surface area contributed by atoms with Gasteiger partial charge in [-0.25, -0.2) is 0 Å². The molecule has 1 heterocycles. The molecule has 0 aromatic heterocycles. The van der Waals surface area contributed by atoms with Crippen molar-refractivity contribution < 1.29 is 5.11 Å². The van der Waals surface area contributed by atoms with Gasteiger partial charge in [0, 0.05) is 19.2 Å². The summed E-state index contributed by atoms with van der Waals surface area (Å²) in [4.78, 5) is 2.54. The summed E-state index contributed by atoms with van der Waals surface area (Å²) in [6.45, 7) is 9.31. The maximum absolute atomic E-state index is 9.45. The lowest BCUT2D eigenvalue weighted by molar-refractivity contribution is 0.00443. The van der Waals surface area contributed by atoms with Gasteiger partial charge in [0.1, 0.15) is 0 Å². The predicted molar refractivity (Wildman–Crippen MR) is 75.4 cm³/mol. The van der Waals surface area contributed by atoms with Crippen LogP contribution >= 0.6 is 0 Å². The van der Waals surface area contributed by atoms with Gasteiger partial charge in [-0.15, -0.1) is 0 Å². The highest BCUT2D eigenvalue weighted by molar-refractivity contribution is 5.18. The van der Waals surface area contributed by atoms with Crippen molar-refractivity contribution in [3.05, 3.63) is 35.9 Å². The van der Waals surface area contributed by atoms with Gasteiger partial charge in [-0.3, -0.25) is 4.90 Å². The zero-order valence-corrected chi connectivity index (χ0v) is 11.8. The van der Waals surface area contributed by atoms with Crippen LogP contribution in [0.4, 0.5) is 0 Å². The molecular formula is C16H25NO. The molecule has 1 aromatic rings. The van der Waals surface area contributed by atoms with Crippen molar-refractivity contribution in [3.8, 4) is 0 Å². The minimum atomic E-state index is 0.204. The van der Waals surface area contributed by atoms with E-state index in [-0.39, 0.29) is 5.41 Å². The van der Waals surface area contributed by atoms with E-state index in [0.717, 1.165) is 19.5 Å². The van der Waals surface area contributed by atoms with Gasteiger partial charge in [-0.2, -0.15) is 0 Å². The second-order valence-corrected chi connectivity index (χ2v) is 6.21. The number of piperidine rings is 1. The molecule has 2 rings (SSSR count). The van der Waals surface area contributed by atoms with Crippen LogP contribution in [-0.2, 0) is 0 Å². The average molecular weight is 247 g/mol. The van der Waals surface area contributed by atoms with Crippen LogP contribution in [0.3, 0.4) is 0 Å². The molecule has 1 aliphatic rings. The number of rotatable bonds is 3. The van der Waals surface area contributed by atoms with E-state index in [1.165, 1.54) is 5.56 Å². The van der Waals surface area contributed by atoms with E-state index in [1.807, 2.05) is 0 Å². The molecule has 1 N–H and O–H groups in total. The Morgan fingerprint density at radius 1 is 1.33 bits per heavy atom. The van der Waals surface area contributed by atoms with E-state index in [9.17, 15) is 5.11 Å². The summed E-state index contributed by atoms with van der Waals surface area (Å²) in [6.07, 6.45) is 1.10. The second kappa shape index (κ2) is 5.41. The largest absolute Gasteiger partial charge is 0.396 e. The van der Waals surface area contributed by atoms with Gasteiger partial charge < -0.3 is 5.11 Å². The Kier molecular flexibility index (Phi) is 4.08. The SMILES string of the molecule is CC(c1ccccc1)N1CCC(CO)C(C)(C)C1. The van der Waals surface area contributed by atoms with Gasteiger partial charge >= 0.3 is 0 Å². The summed E-state index contributed by atoms with van der Waals surface area (Å²) in [5.41, 5.74) is 1.59. The molecule has 2 unspecified atom stereocenters. The molecule has 0 aliphatic carbocycles. The highest BCUT2D eigenvalue weighted by atomic mass is 16.3. The van der Waals surface area contributed by atoms with Crippen molar-refractivity contribution in [2.45, 2.75) is 33.2 Å². The maximum Gasteiger partial charge on any atom is 0.0465 e. The normalized spacial score (nSPS) is 25.9. The molecule has 2 heteroatoms. The lowest BCUT2D eigenvalue weighted by Crippen LogP contribution is -2.47. The van der Waals surface area contributed by atoms with Crippen molar-refractivity contribution in [1.29, 1.82) is 0 Å². The fraction of sp³-hybridized carbons (Fsp3) is 0.625. The summed E-state index contributed by atoms with van der Waals surface area (Å²) < 4.78 is 0. The van der Waals surface area contributed by atoms with Gasteiger partial charge in [0.2, 0.25) is 0 Å². The number of likely N-dealkylation sites (tertiary alicyclic amines) is 1. The highest BCUT2D eigenvalue weighted by Gasteiger charge is 2.36. The molecule has 18 heavy (non-hydrogen) atoms. The van der Waals surface area contributed by atoms with Gasteiger partial charge in [0.05, 0.1) is 0 Å². The summed E-state index contributed by atoms with van der Waals surface area (Å²) in [5, 5.41) is 9.45. The summed E-state index contributed by atoms with van der Waals surface area (Å²) in [6, 6.07) is 11.2. The Labute approximate surface area is 111 Å². The van der Waals surface area contributed by atoms with Gasteiger partial charge in [0.25, 0.3) is 0 Å². The average Bonchev–Trinajstić information content (AvgIpc) is 2.37. The number of benzene rings is 1. The fourth-order valence-electron chi connectivity index (χ4n) is 3.06. The van der Waals surface area contributed by atoms with E-state index in [2.05, 4.69) is 56.0 Å². The summed E-state index contributed by atoms with van der Waals surface area (Å²) in [5.74, 6) is 0.441. The van der Waals surface area contributed by atoms with Crippen molar-refractivity contribution >= 4 is 0 Å². The first kappa shape index (κ1) is 13.6. The quantitative estimate of drug-likeness (QED) is 0.887. The second-order valence-electron chi connectivity index (χ2n) is 6.21. The predicted octanol–water partition coefficient (Wildman–Crippen LogP) is 3.09. The van der Waals surface area contributed by atoms with Crippen molar-refractivity contribution in [2.75, 3.05) is 19.7 Å². The molecule has 1 fully saturated rings. The Morgan fingerprint density at radius 2 is 2.00 bits per heavy atom. The molecule has 100 valence electrons. The number of hydrogen-bond acceptors (Lipinski definition) is 2. The maximum atomic E-state index is 9.45. The topological polar surface area (TPSA) is 23.5 Å². The molecular weight excluding hydrogens is 222 g/mol. The third-order valence-corrected chi connectivity index (χ3v) is 4.53. The third-order valence-electron chi connectivity index (χ3n) is 4.53. The molecule has 1 aliphatic heterocycles. The first-order chi connectivity index (χ1) is 8.54. The van der Waals surface area contributed by atoms with E-state index in [0.29, 0.717) is 18.6 Å². The highest BCUT2D eigenvalue weighted by Crippen LogP contribution is 2.37. The zero-order valence-electron chi connectivity index (χ0n) is 11.8. The number of aliphatic hydroxyl groups is 1. The van der Waals surface area contributed by atoms with Crippen LogP contribution in [0, 0.1) is 11.3 Å². The zero-order chi connectivity index (χ0) is 13.2. The minimum Gasteiger partial charge on any atom is -0.396 e. The third kappa shape index (κ3) is 2.76. The van der Waals surface area contributed by atoms with Crippen molar-refractivity contribution in [3.63, 3.8) is 0 Å². The Bertz CT molecular complexity index is 374. The summed E-state index contributed by atoms with van der Waals surface area (Å²) in [7, 11) is 0. The first-order valence-electron chi connectivity index (χ1n) is 6.94. The van der Waals surface area contributed by atoms with Crippen molar-refractivity contribution in [1.82, 2.24) is 4.90 Å². The lowest BCUT2D eigenvalue weighted by Gasteiger charge is -2.46. The first-order valence-corrected chi connectivity index (χ1v) is 6.94. The molecule has 0 radical (unpaired) electrons. The van der Waals surface area contributed by atoms with Crippen molar-refractivity contribution in [2.24, 2.45) is 11.3 Å². The van der Waals surface area contributed by atoms with Gasteiger partial charge in [-0.1, -0.05) is 44.2 Å². The van der Waals surface area contributed by atoms with E-state index >= 15 is 0 Å². The summed E-state index contributed by atoms with van der Waals surface area (Å²) >= 11 is 0. The van der Waals surface area contributed by atoms with Crippen LogP contribution in [0.1, 0.15) is 38.8 Å². The van der Waals surface area contributed by atoms with E-state index in [4.69, 9.17) is 0 Å². The van der Waals surface area contributed by atoms with Crippen LogP contribution in [0.15, 0.2) is 30.3 Å². The molecule has 1 saturated heterocycles. The number of nitrogens with zero attached hydrogens (tertiary/aromatic N) is 1. The van der Waals surface area contributed by atoms with Crippen LogP contribution in [-0.4, -0.2) is 29.7 Å². The molecule has 0 saturated carbocycles. The monoisotopic (exact) mass is 247 g/mol. The Morgan fingerprint density at radius 3 is 2.56 bits per heavy atom. The molecule has 1 aromatic carbocycles. The van der Waals surface area contributed by atoms with E-state index < -0.39 is 0 Å². The molecule has 2 nitrogen and oxygen atoms in total. The van der Waals surface area contributed by atoms with Crippen LogP contribution in [0.25, 0.3) is 0 Å². The Hall–Kier alpha value is -0.860. The molecule has 0 amide bonds. The number of hydrogen-bond donors (Lipinski definition) is 1. The molecule has 2 atom stereocenters. The Balaban J connectivity index is 2.08. The smallest absolute Gasteiger partial charge is 0.0465 e. The molecule has 0 spiro atoms. The van der Waals surface area contributed by atoms with Crippen LogP contribution < -0.4 is 0 Å². The van der Waals surface area contributed by atoms with E-state index in [1.54, 1.807) is 0 Å². The number of aliphatic hydroxyl groups excluding tert-OH is 1. The minimum absolute atomic E-state index is 0.204. The van der Waals surface area contributed by atoms with Crippen LogP contribution in [0.2, 0.25) is 0 Å². The van der Waals surface area contributed by atoms with Gasteiger partial charge in [-0.05, 0) is 36.8 Å². The lowest BCUT2D eigenvalue weighted by atomic mass is 9.74. The fourth-order valence-corrected chi connectivity index (χ4v) is 3.06. The van der Waals surface area contributed by atoms with Gasteiger partial charge in [0.15, 0.2) is 0 Å². The standard InChI is InChI=1S/C16H25NO/c1-13(14-7-5-4-6-8-14)17-10-9-15(11-18)16(2,3)12-17/h4-8,13,15,18H,9-12H2,1-3H3.